The van der Waals surface area contributed by atoms with Gasteiger partial charge < -0.3 is 9.64 Å². The van der Waals surface area contributed by atoms with E-state index in [4.69, 9.17) is 4.74 Å². The fourth-order valence-corrected chi connectivity index (χ4v) is 3.53. The van der Waals surface area contributed by atoms with Crippen LogP contribution in [0.15, 0.2) is 84.6 Å². The lowest BCUT2D eigenvalue weighted by molar-refractivity contribution is -0.120. The molecule has 1 aliphatic rings. The van der Waals surface area contributed by atoms with Crippen LogP contribution in [-0.2, 0) is 9.59 Å². The monoisotopic (exact) mass is 402 g/mol. The molecule has 6 heteroatoms. The number of rotatable bonds is 5. The molecule has 30 heavy (non-hydrogen) atoms. The van der Waals surface area contributed by atoms with Gasteiger partial charge in [-0.05, 0) is 42.5 Å². The number of para-hydroxylation sites is 2. The lowest BCUT2D eigenvalue weighted by Gasteiger charge is -2.21. The highest BCUT2D eigenvalue weighted by molar-refractivity contribution is 6.46. The average molecular weight is 402 g/mol. The molecule has 0 saturated carbocycles. The summed E-state index contributed by atoms with van der Waals surface area (Å²) in [5.74, 6) is -0.946. The average Bonchev–Trinajstić information content (AvgIpc) is 3.04. The Balaban J connectivity index is 1.91. The van der Waals surface area contributed by atoms with E-state index in [9.17, 15) is 14.0 Å². The fourth-order valence-electron chi connectivity index (χ4n) is 3.53. The first kappa shape index (κ1) is 19.4. The van der Waals surface area contributed by atoms with Crippen LogP contribution in [0, 0.1) is 5.82 Å². The summed E-state index contributed by atoms with van der Waals surface area (Å²) in [4.78, 5) is 29.7. The standard InChI is InChI=1S/C24H19FN2O3/c1-26(17-8-4-3-5-9-17)22-21(19-10-6-7-11-20(19)30-2)23(28)27(24(22)29)18-14-12-16(25)13-15-18/h3-15H,1-2H3. The predicted octanol–water partition coefficient (Wildman–Crippen LogP) is 4.26. The Labute approximate surface area is 173 Å². The number of carbonyl (C=O) groups is 2. The van der Waals surface area contributed by atoms with Gasteiger partial charge in [0.15, 0.2) is 0 Å². The molecule has 5 nitrogen and oxygen atoms in total. The number of hydrogen-bond donors (Lipinski definition) is 0. The van der Waals surface area contributed by atoms with Gasteiger partial charge in [-0.25, -0.2) is 9.29 Å². The first-order chi connectivity index (χ1) is 14.5. The molecule has 3 aromatic carbocycles. The fraction of sp³-hybridized carbons (Fsp3) is 0.0833. The van der Waals surface area contributed by atoms with Crippen LogP contribution in [0.1, 0.15) is 5.56 Å². The third kappa shape index (κ3) is 3.22. The minimum absolute atomic E-state index is 0.222. The molecule has 0 atom stereocenters. The van der Waals surface area contributed by atoms with E-state index in [2.05, 4.69) is 0 Å². The lowest BCUT2D eigenvalue weighted by Crippen LogP contribution is -2.34. The third-order valence-corrected chi connectivity index (χ3v) is 5.00. The number of ether oxygens (including phenoxy) is 1. The summed E-state index contributed by atoms with van der Waals surface area (Å²) in [5, 5.41) is 0. The number of anilines is 2. The Hall–Kier alpha value is -3.93. The normalized spacial score (nSPS) is 13.8. The van der Waals surface area contributed by atoms with Crippen molar-refractivity contribution < 1.29 is 18.7 Å². The minimum atomic E-state index is -0.492. The summed E-state index contributed by atoms with van der Waals surface area (Å²) in [7, 11) is 3.25. The molecule has 4 rings (SSSR count). The van der Waals surface area contributed by atoms with E-state index in [1.807, 2.05) is 30.3 Å². The maximum absolute atomic E-state index is 13.5. The van der Waals surface area contributed by atoms with Gasteiger partial charge in [-0.2, -0.15) is 0 Å². The second-order valence-electron chi connectivity index (χ2n) is 6.74. The molecule has 3 aromatic rings. The number of methoxy groups -OCH3 is 1. The van der Waals surface area contributed by atoms with E-state index in [-0.39, 0.29) is 11.3 Å². The molecule has 0 N–H and O–H groups in total. The van der Waals surface area contributed by atoms with Crippen molar-refractivity contribution in [3.63, 3.8) is 0 Å². The van der Waals surface area contributed by atoms with E-state index in [0.717, 1.165) is 10.6 Å². The van der Waals surface area contributed by atoms with Crippen LogP contribution < -0.4 is 14.5 Å². The quantitative estimate of drug-likeness (QED) is 0.599. The van der Waals surface area contributed by atoms with E-state index < -0.39 is 17.6 Å². The van der Waals surface area contributed by atoms with Gasteiger partial charge in [0.1, 0.15) is 17.3 Å². The molecule has 0 aromatic heterocycles. The molecule has 0 saturated heterocycles. The summed E-state index contributed by atoms with van der Waals surface area (Å²) in [6, 6.07) is 21.6. The molecular formula is C24H19FN2O3. The Kier molecular flexibility index (Phi) is 5.06. The van der Waals surface area contributed by atoms with Gasteiger partial charge in [0.25, 0.3) is 11.8 Å². The Morgan fingerprint density at radius 3 is 2.13 bits per heavy atom. The first-order valence-corrected chi connectivity index (χ1v) is 9.33. The highest BCUT2D eigenvalue weighted by atomic mass is 19.1. The molecule has 1 aliphatic heterocycles. The number of halogens is 1. The van der Waals surface area contributed by atoms with Crippen LogP contribution in [0.25, 0.3) is 5.57 Å². The van der Waals surface area contributed by atoms with E-state index >= 15 is 0 Å². The second-order valence-corrected chi connectivity index (χ2v) is 6.74. The van der Waals surface area contributed by atoms with E-state index in [1.165, 1.54) is 31.4 Å². The van der Waals surface area contributed by atoms with Crippen LogP contribution in [-0.4, -0.2) is 26.0 Å². The second kappa shape index (κ2) is 7.83. The van der Waals surface area contributed by atoms with Gasteiger partial charge in [-0.15, -0.1) is 0 Å². The van der Waals surface area contributed by atoms with Crippen molar-refractivity contribution in [2.75, 3.05) is 24.0 Å². The topological polar surface area (TPSA) is 49.9 Å². The Bertz CT molecular complexity index is 1140. The van der Waals surface area contributed by atoms with Gasteiger partial charge in [-0.1, -0.05) is 36.4 Å². The van der Waals surface area contributed by atoms with Crippen molar-refractivity contribution in [3.8, 4) is 5.75 Å². The molecule has 0 aliphatic carbocycles. The molecule has 1 heterocycles. The van der Waals surface area contributed by atoms with E-state index in [1.54, 1.807) is 36.2 Å². The zero-order valence-electron chi connectivity index (χ0n) is 16.5. The molecule has 0 bridgehead atoms. The Morgan fingerprint density at radius 1 is 0.833 bits per heavy atom. The number of imide groups is 1. The zero-order chi connectivity index (χ0) is 21.3. The predicted molar refractivity (Wildman–Crippen MR) is 114 cm³/mol. The van der Waals surface area contributed by atoms with Crippen molar-refractivity contribution >= 4 is 28.8 Å². The van der Waals surface area contributed by atoms with Gasteiger partial charge in [-0.3, -0.25) is 9.59 Å². The maximum atomic E-state index is 13.5. The first-order valence-electron chi connectivity index (χ1n) is 9.33. The molecule has 0 unspecified atom stereocenters. The van der Waals surface area contributed by atoms with Gasteiger partial charge >= 0.3 is 0 Å². The maximum Gasteiger partial charge on any atom is 0.282 e. The van der Waals surface area contributed by atoms with Crippen molar-refractivity contribution in [2.45, 2.75) is 0 Å². The SMILES string of the molecule is COc1ccccc1C1=C(N(C)c2ccccc2)C(=O)N(c2ccc(F)cc2)C1=O. The van der Waals surface area contributed by atoms with Crippen molar-refractivity contribution in [2.24, 2.45) is 0 Å². The van der Waals surface area contributed by atoms with Gasteiger partial charge in [0.05, 0.1) is 18.4 Å². The molecule has 2 amide bonds. The van der Waals surface area contributed by atoms with Crippen LogP contribution in [0.2, 0.25) is 0 Å². The summed E-state index contributed by atoms with van der Waals surface area (Å²) < 4.78 is 18.9. The molecule has 150 valence electrons. The van der Waals surface area contributed by atoms with Crippen molar-refractivity contribution in [1.82, 2.24) is 0 Å². The number of amides is 2. The third-order valence-electron chi connectivity index (χ3n) is 5.00. The van der Waals surface area contributed by atoms with Crippen LogP contribution in [0.3, 0.4) is 0 Å². The van der Waals surface area contributed by atoms with Crippen LogP contribution >= 0.6 is 0 Å². The molecule has 0 fully saturated rings. The Morgan fingerprint density at radius 2 is 1.47 bits per heavy atom. The molecule has 0 spiro atoms. The summed E-state index contributed by atoms with van der Waals surface area (Å²) >= 11 is 0. The lowest BCUT2D eigenvalue weighted by atomic mass is 10.0. The van der Waals surface area contributed by atoms with Crippen LogP contribution in [0.4, 0.5) is 15.8 Å². The molecule has 0 radical (unpaired) electrons. The number of likely N-dealkylation sites (N-methyl/N-ethyl adjacent to an activating group) is 1. The van der Waals surface area contributed by atoms with Crippen molar-refractivity contribution in [3.05, 3.63) is 95.9 Å². The highest BCUT2D eigenvalue weighted by Gasteiger charge is 2.42. The van der Waals surface area contributed by atoms with Crippen molar-refractivity contribution in [1.29, 1.82) is 0 Å². The number of hydrogen-bond acceptors (Lipinski definition) is 4. The zero-order valence-corrected chi connectivity index (χ0v) is 16.5. The summed E-state index contributed by atoms with van der Waals surface area (Å²) in [6.45, 7) is 0. The summed E-state index contributed by atoms with van der Waals surface area (Å²) in [6.07, 6.45) is 0. The summed E-state index contributed by atoms with van der Waals surface area (Å²) in [5.41, 5.74) is 2.02. The smallest absolute Gasteiger partial charge is 0.282 e. The largest absolute Gasteiger partial charge is 0.496 e. The number of benzene rings is 3. The molecular weight excluding hydrogens is 383 g/mol. The number of carbonyl (C=O) groups excluding carboxylic acids is 2. The van der Waals surface area contributed by atoms with E-state index in [0.29, 0.717) is 17.0 Å². The van der Waals surface area contributed by atoms with Gasteiger partial charge in [0.2, 0.25) is 0 Å². The number of nitrogens with zero attached hydrogens (tertiary/aromatic N) is 2. The highest BCUT2D eigenvalue weighted by Crippen LogP contribution is 2.39. The van der Waals surface area contributed by atoms with Crippen LogP contribution in [0.5, 0.6) is 5.75 Å². The van der Waals surface area contributed by atoms with Gasteiger partial charge in [0, 0.05) is 18.3 Å². The minimum Gasteiger partial charge on any atom is -0.496 e.